The van der Waals surface area contributed by atoms with Crippen molar-refractivity contribution in [3.63, 3.8) is 0 Å². The van der Waals surface area contributed by atoms with E-state index in [0.717, 1.165) is 5.56 Å². The van der Waals surface area contributed by atoms with Crippen LogP contribution >= 0.6 is 0 Å². The van der Waals surface area contributed by atoms with Crippen LogP contribution in [0.1, 0.15) is 0 Å². The lowest BCUT2D eigenvalue weighted by atomic mass is 9.34. The fourth-order valence-corrected chi connectivity index (χ4v) is 11.0. The Kier molecular flexibility index (Phi) is 7.17. The molecule has 0 aliphatic carbocycles. The zero-order valence-corrected chi connectivity index (χ0v) is 34.1. The van der Waals surface area contributed by atoms with E-state index in [1.807, 2.05) is 18.5 Å². The first kappa shape index (κ1) is 34.4. The second kappa shape index (κ2) is 13.1. The average molecular weight is 799 g/mol. The van der Waals surface area contributed by atoms with Crippen molar-refractivity contribution in [2.24, 2.45) is 0 Å². The van der Waals surface area contributed by atoms with Gasteiger partial charge in [0.25, 0.3) is 6.71 Å². The van der Waals surface area contributed by atoms with Crippen LogP contribution in [0, 0.1) is 0 Å². The number of fused-ring (bicyclic) bond motifs is 10. The van der Waals surface area contributed by atoms with Crippen LogP contribution in [0.15, 0.2) is 213 Å². The zero-order chi connectivity index (χ0) is 41.2. The van der Waals surface area contributed by atoms with Gasteiger partial charge in [-0.1, -0.05) is 158 Å². The molecule has 0 amide bonds. The van der Waals surface area contributed by atoms with Crippen LogP contribution in [0.25, 0.3) is 111 Å². The standard InChI is InChI=1S/C58H35BN4/c1-5-14-36(15-6-1)40-22-28-49-45(32-40)53-43(38-18-9-3-10-19-38)24-26-47-56(53)62(49)51-34-42(58-60-30-13-31-61-58)35-52-55(51)59(47)48-27-25-44(39-20-11-4-12-21-39)54-46-33-41(37-16-7-2-8-17-37)23-29-50(46)63(52)57(48)54/h1-35H. The van der Waals surface area contributed by atoms with Crippen LogP contribution in [0.3, 0.4) is 0 Å². The van der Waals surface area contributed by atoms with Gasteiger partial charge in [0.2, 0.25) is 0 Å². The highest BCUT2D eigenvalue weighted by molar-refractivity contribution is 7.00. The Morgan fingerprint density at radius 2 is 0.778 bits per heavy atom. The van der Waals surface area contributed by atoms with Gasteiger partial charge in [-0.05, 0) is 103 Å². The number of hydrogen-bond donors (Lipinski definition) is 0. The lowest BCUT2D eigenvalue weighted by Crippen LogP contribution is -2.59. The second-order valence-electron chi connectivity index (χ2n) is 16.9. The van der Waals surface area contributed by atoms with Crippen LogP contribution in [0.4, 0.5) is 0 Å². The third kappa shape index (κ3) is 4.87. The molecule has 5 heterocycles. The normalized spacial score (nSPS) is 12.4. The van der Waals surface area contributed by atoms with E-state index in [1.54, 1.807) is 0 Å². The highest BCUT2D eigenvalue weighted by atomic mass is 15.0. The minimum atomic E-state index is -0.0313. The molecular formula is C58H35BN4. The van der Waals surface area contributed by atoms with Gasteiger partial charge in [0.05, 0.1) is 11.0 Å². The molecule has 0 atom stereocenters. The number of benzene rings is 9. The van der Waals surface area contributed by atoms with Gasteiger partial charge < -0.3 is 9.13 Å². The fraction of sp³-hybridized carbons (Fsp3) is 0. The van der Waals surface area contributed by atoms with E-state index in [9.17, 15) is 0 Å². The van der Waals surface area contributed by atoms with E-state index >= 15 is 0 Å². The van der Waals surface area contributed by atoms with Gasteiger partial charge in [-0.3, -0.25) is 0 Å². The van der Waals surface area contributed by atoms with Crippen LogP contribution in [0.5, 0.6) is 0 Å². The molecule has 63 heavy (non-hydrogen) atoms. The smallest absolute Gasteiger partial charge is 0.252 e. The summed E-state index contributed by atoms with van der Waals surface area (Å²) in [4.78, 5) is 9.73. The minimum Gasteiger partial charge on any atom is -0.310 e. The summed E-state index contributed by atoms with van der Waals surface area (Å²) in [7, 11) is 0. The molecule has 4 nitrogen and oxygen atoms in total. The topological polar surface area (TPSA) is 35.6 Å². The van der Waals surface area contributed by atoms with E-state index in [1.165, 1.54) is 116 Å². The van der Waals surface area contributed by atoms with E-state index in [0.29, 0.717) is 5.82 Å². The van der Waals surface area contributed by atoms with E-state index in [2.05, 4.69) is 203 Å². The predicted octanol–water partition coefficient (Wildman–Crippen LogP) is 12.1. The molecule has 14 rings (SSSR count). The van der Waals surface area contributed by atoms with Crippen molar-refractivity contribution in [3.05, 3.63) is 213 Å². The molecule has 2 aliphatic rings. The monoisotopic (exact) mass is 798 g/mol. The van der Waals surface area contributed by atoms with Crippen LogP contribution in [-0.2, 0) is 0 Å². The molecule has 0 bridgehead atoms. The molecule has 0 N–H and O–H groups in total. The molecule has 0 spiro atoms. The lowest BCUT2D eigenvalue weighted by molar-refractivity contribution is 1.13. The van der Waals surface area contributed by atoms with Gasteiger partial charge >= 0.3 is 0 Å². The van der Waals surface area contributed by atoms with Gasteiger partial charge in [-0.15, -0.1) is 0 Å². The summed E-state index contributed by atoms with van der Waals surface area (Å²) in [6.07, 6.45) is 3.70. The molecule has 12 aromatic rings. The summed E-state index contributed by atoms with van der Waals surface area (Å²) in [6.45, 7) is -0.0313. The first-order valence-corrected chi connectivity index (χ1v) is 21.7. The summed E-state index contributed by atoms with van der Waals surface area (Å²) in [6, 6.07) is 73.6. The Labute approximate surface area is 364 Å². The maximum atomic E-state index is 4.87. The predicted molar refractivity (Wildman–Crippen MR) is 263 cm³/mol. The third-order valence-electron chi connectivity index (χ3n) is 13.6. The van der Waals surface area contributed by atoms with E-state index in [4.69, 9.17) is 9.97 Å². The Bertz CT molecular complexity index is 3590. The summed E-state index contributed by atoms with van der Waals surface area (Å²) in [5.74, 6) is 0.707. The highest BCUT2D eigenvalue weighted by Gasteiger charge is 2.42. The number of aromatic nitrogens is 4. The first-order chi connectivity index (χ1) is 31.3. The molecule has 0 saturated heterocycles. The van der Waals surface area contributed by atoms with Crippen molar-refractivity contribution in [2.75, 3.05) is 0 Å². The zero-order valence-electron chi connectivity index (χ0n) is 34.1. The fourth-order valence-electron chi connectivity index (χ4n) is 11.0. The molecule has 0 fully saturated rings. The molecule has 0 unspecified atom stereocenters. The van der Waals surface area contributed by atoms with Crippen molar-refractivity contribution in [1.82, 2.24) is 19.1 Å². The first-order valence-electron chi connectivity index (χ1n) is 21.7. The second-order valence-corrected chi connectivity index (χ2v) is 16.9. The Hall–Kier alpha value is -8.28. The molecule has 2 aliphatic heterocycles. The maximum absolute atomic E-state index is 4.87. The maximum Gasteiger partial charge on any atom is 0.252 e. The number of rotatable bonds is 5. The minimum absolute atomic E-state index is 0.0313. The molecule has 290 valence electrons. The van der Waals surface area contributed by atoms with Crippen LogP contribution in [-0.4, -0.2) is 25.8 Å². The Balaban J connectivity index is 1.17. The van der Waals surface area contributed by atoms with Crippen molar-refractivity contribution in [2.45, 2.75) is 0 Å². The number of hydrogen-bond acceptors (Lipinski definition) is 2. The number of nitrogens with zero attached hydrogens (tertiary/aromatic N) is 4. The van der Waals surface area contributed by atoms with Gasteiger partial charge in [0.15, 0.2) is 5.82 Å². The third-order valence-corrected chi connectivity index (χ3v) is 13.6. The molecular weight excluding hydrogens is 763 g/mol. The quantitative estimate of drug-likeness (QED) is 0.163. The van der Waals surface area contributed by atoms with Crippen molar-refractivity contribution in [3.8, 4) is 67.3 Å². The van der Waals surface area contributed by atoms with E-state index < -0.39 is 0 Å². The van der Waals surface area contributed by atoms with Crippen LogP contribution in [0.2, 0.25) is 0 Å². The van der Waals surface area contributed by atoms with E-state index in [-0.39, 0.29) is 6.71 Å². The Morgan fingerprint density at radius 3 is 1.22 bits per heavy atom. The van der Waals surface area contributed by atoms with Gasteiger partial charge in [-0.25, -0.2) is 9.97 Å². The molecule has 0 saturated carbocycles. The SMILES string of the molecule is c1ccc(-c2ccc3c(c2)c2c(-c4ccccc4)ccc4c2n3-c2cc(-c3ncccn3)cc3c2B4c2ccc(-c4ccccc4)c4c5cc(-c6ccccc6)ccc5n-3c24)cc1. The Morgan fingerprint density at radius 1 is 0.349 bits per heavy atom. The highest BCUT2D eigenvalue weighted by Crippen LogP contribution is 2.46. The molecule has 3 aromatic heterocycles. The molecule has 0 radical (unpaired) electrons. The summed E-state index contributed by atoms with van der Waals surface area (Å²) < 4.78 is 5.12. The lowest BCUT2D eigenvalue weighted by Gasteiger charge is -2.34. The van der Waals surface area contributed by atoms with Crippen molar-refractivity contribution >= 4 is 66.7 Å². The average Bonchev–Trinajstić information content (AvgIpc) is 3.89. The summed E-state index contributed by atoms with van der Waals surface area (Å²) >= 11 is 0. The van der Waals surface area contributed by atoms with Gasteiger partial charge in [0.1, 0.15) is 0 Å². The summed E-state index contributed by atoms with van der Waals surface area (Å²) in [5.41, 5.74) is 21.8. The molecule has 9 aromatic carbocycles. The van der Waals surface area contributed by atoms with Crippen molar-refractivity contribution < 1.29 is 0 Å². The summed E-state index contributed by atoms with van der Waals surface area (Å²) in [5, 5.41) is 5.03. The largest absolute Gasteiger partial charge is 0.310 e. The van der Waals surface area contributed by atoms with Crippen molar-refractivity contribution in [1.29, 1.82) is 0 Å². The molecule has 5 heteroatoms. The van der Waals surface area contributed by atoms with Crippen LogP contribution < -0.4 is 16.4 Å². The van der Waals surface area contributed by atoms with Gasteiger partial charge in [0, 0.05) is 61.9 Å². The van der Waals surface area contributed by atoms with Gasteiger partial charge in [-0.2, -0.15) is 0 Å².